The molecule has 1 aromatic rings. The van der Waals surface area contributed by atoms with Crippen LogP contribution in [0.2, 0.25) is 5.15 Å². The van der Waals surface area contributed by atoms with Crippen LogP contribution in [0.3, 0.4) is 0 Å². The molecule has 0 unspecified atom stereocenters. The lowest BCUT2D eigenvalue weighted by molar-refractivity contribution is -0.176. The Hall–Kier alpha value is -1.04. The molecule has 1 fully saturated rings. The molecule has 2 heterocycles. The fourth-order valence-corrected chi connectivity index (χ4v) is 2.19. The summed E-state index contributed by atoms with van der Waals surface area (Å²) >= 11 is 5.82. The van der Waals surface area contributed by atoms with Crippen LogP contribution in [0.1, 0.15) is 12.8 Å². The zero-order chi connectivity index (χ0) is 12.5. The molecule has 1 aliphatic heterocycles. The predicted octanol–water partition coefficient (Wildman–Crippen LogP) is 2.91. The Kier molecular flexibility index (Phi) is 3.42. The molecule has 1 atom stereocenters. The third kappa shape index (κ3) is 2.80. The topological polar surface area (TPSA) is 29.0 Å². The molecule has 7 heteroatoms. The standard InChI is InChI=1S/C10H11ClF3N3/c11-8-9(16-4-3-15-8)17-5-1-2-7(6-17)10(12,13)14/h3-4,7H,1-2,5-6H2/t7-/m1/s1. The Labute approximate surface area is 102 Å². The summed E-state index contributed by atoms with van der Waals surface area (Å²) in [5, 5.41) is 0.148. The molecular weight excluding hydrogens is 255 g/mol. The van der Waals surface area contributed by atoms with Crippen LogP contribution in [0.15, 0.2) is 12.4 Å². The van der Waals surface area contributed by atoms with E-state index < -0.39 is 12.1 Å². The zero-order valence-electron chi connectivity index (χ0n) is 8.91. The van der Waals surface area contributed by atoms with E-state index in [1.807, 2.05) is 0 Å². The molecular formula is C10H11ClF3N3. The number of hydrogen-bond donors (Lipinski definition) is 0. The van der Waals surface area contributed by atoms with Gasteiger partial charge in [-0.15, -0.1) is 0 Å². The average molecular weight is 266 g/mol. The molecule has 1 aliphatic rings. The summed E-state index contributed by atoms with van der Waals surface area (Å²) in [5.74, 6) is -0.975. The number of hydrogen-bond acceptors (Lipinski definition) is 3. The van der Waals surface area contributed by atoms with Crippen molar-refractivity contribution in [1.29, 1.82) is 0 Å². The fourth-order valence-electron chi connectivity index (χ4n) is 1.96. The van der Waals surface area contributed by atoms with Crippen molar-refractivity contribution in [2.75, 3.05) is 18.0 Å². The van der Waals surface area contributed by atoms with Gasteiger partial charge in [0.25, 0.3) is 0 Å². The van der Waals surface area contributed by atoms with Crippen LogP contribution < -0.4 is 4.90 Å². The molecule has 0 aliphatic carbocycles. The lowest BCUT2D eigenvalue weighted by Gasteiger charge is -2.34. The Morgan fingerprint density at radius 2 is 2.00 bits per heavy atom. The normalized spacial score (nSPS) is 21.6. The summed E-state index contributed by atoms with van der Waals surface area (Å²) in [4.78, 5) is 9.36. The van der Waals surface area contributed by atoms with Crippen molar-refractivity contribution >= 4 is 17.4 Å². The van der Waals surface area contributed by atoms with E-state index in [0.29, 0.717) is 18.8 Å². The first kappa shape index (κ1) is 12.4. The quantitative estimate of drug-likeness (QED) is 0.782. The third-order valence-electron chi connectivity index (χ3n) is 2.82. The monoisotopic (exact) mass is 265 g/mol. The molecule has 94 valence electrons. The highest BCUT2D eigenvalue weighted by molar-refractivity contribution is 6.31. The SMILES string of the molecule is FC(F)(F)[C@@H]1CCCN(c2nccnc2Cl)C1. The van der Waals surface area contributed by atoms with Crippen molar-refractivity contribution in [1.82, 2.24) is 9.97 Å². The molecule has 2 rings (SSSR count). The summed E-state index contributed by atoms with van der Waals surface area (Å²) in [6, 6.07) is 0. The highest BCUT2D eigenvalue weighted by Gasteiger charge is 2.42. The van der Waals surface area contributed by atoms with E-state index >= 15 is 0 Å². The lowest BCUT2D eigenvalue weighted by atomic mass is 9.97. The molecule has 1 aromatic heterocycles. The second kappa shape index (κ2) is 4.68. The smallest absolute Gasteiger partial charge is 0.353 e. The largest absolute Gasteiger partial charge is 0.393 e. The summed E-state index contributed by atoms with van der Waals surface area (Å²) in [5.41, 5.74) is 0. The minimum atomic E-state index is -4.16. The van der Waals surface area contributed by atoms with Crippen LogP contribution in [0.5, 0.6) is 0 Å². The average Bonchev–Trinajstić information content (AvgIpc) is 2.29. The number of alkyl halides is 3. The van der Waals surface area contributed by atoms with Crippen LogP contribution in [0.4, 0.5) is 19.0 Å². The molecule has 17 heavy (non-hydrogen) atoms. The van der Waals surface area contributed by atoms with Gasteiger partial charge in [0.05, 0.1) is 5.92 Å². The number of halogens is 4. The van der Waals surface area contributed by atoms with E-state index in [1.165, 1.54) is 12.4 Å². The van der Waals surface area contributed by atoms with Crippen LogP contribution in [-0.4, -0.2) is 29.2 Å². The zero-order valence-corrected chi connectivity index (χ0v) is 9.67. The lowest BCUT2D eigenvalue weighted by Crippen LogP contribution is -2.42. The number of anilines is 1. The second-order valence-corrected chi connectivity index (χ2v) is 4.36. The second-order valence-electron chi connectivity index (χ2n) is 4.00. The number of piperidine rings is 1. The Balaban J connectivity index is 2.15. The van der Waals surface area contributed by atoms with Gasteiger partial charge in [-0.3, -0.25) is 0 Å². The van der Waals surface area contributed by atoms with Crippen molar-refractivity contribution in [2.24, 2.45) is 5.92 Å². The van der Waals surface area contributed by atoms with Crippen molar-refractivity contribution in [3.8, 4) is 0 Å². The van der Waals surface area contributed by atoms with Crippen molar-refractivity contribution in [3.63, 3.8) is 0 Å². The maximum atomic E-state index is 12.6. The van der Waals surface area contributed by atoms with Crippen LogP contribution in [-0.2, 0) is 0 Å². The summed E-state index contributed by atoms with van der Waals surface area (Å²) in [7, 11) is 0. The van der Waals surface area contributed by atoms with Gasteiger partial charge in [-0.25, -0.2) is 9.97 Å². The van der Waals surface area contributed by atoms with E-state index in [0.717, 1.165) is 0 Å². The Morgan fingerprint density at radius 1 is 1.29 bits per heavy atom. The molecule has 3 nitrogen and oxygen atoms in total. The Bertz CT molecular complexity index is 397. The molecule has 1 saturated heterocycles. The summed E-state index contributed by atoms with van der Waals surface area (Å²) < 4.78 is 37.9. The highest BCUT2D eigenvalue weighted by Crippen LogP contribution is 2.35. The first-order valence-corrected chi connectivity index (χ1v) is 5.64. The summed E-state index contributed by atoms with van der Waals surface area (Å²) in [6.07, 6.45) is -0.669. The molecule has 0 saturated carbocycles. The molecule has 0 spiro atoms. The minimum absolute atomic E-state index is 0.0953. The molecule has 0 aromatic carbocycles. The van der Waals surface area contributed by atoms with E-state index in [1.54, 1.807) is 4.90 Å². The molecule has 0 radical (unpaired) electrons. The van der Waals surface area contributed by atoms with Crippen LogP contribution >= 0.6 is 11.6 Å². The van der Waals surface area contributed by atoms with Crippen molar-refractivity contribution in [3.05, 3.63) is 17.5 Å². The van der Waals surface area contributed by atoms with E-state index in [4.69, 9.17) is 11.6 Å². The fraction of sp³-hybridized carbons (Fsp3) is 0.600. The third-order valence-corrected chi connectivity index (χ3v) is 3.09. The first-order chi connectivity index (χ1) is 7.98. The van der Waals surface area contributed by atoms with Crippen molar-refractivity contribution in [2.45, 2.75) is 19.0 Å². The van der Waals surface area contributed by atoms with Gasteiger partial charge >= 0.3 is 6.18 Å². The highest BCUT2D eigenvalue weighted by atomic mass is 35.5. The molecule has 0 amide bonds. The van der Waals surface area contributed by atoms with Crippen molar-refractivity contribution < 1.29 is 13.2 Å². The van der Waals surface area contributed by atoms with E-state index in [2.05, 4.69) is 9.97 Å². The number of nitrogens with zero attached hydrogens (tertiary/aromatic N) is 3. The number of rotatable bonds is 1. The van der Waals surface area contributed by atoms with Gasteiger partial charge in [0.2, 0.25) is 0 Å². The van der Waals surface area contributed by atoms with Gasteiger partial charge in [-0.1, -0.05) is 11.6 Å². The first-order valence-electron chi connectivity index (χ1n) is 5.26. The van der Waals surface area contributed by atoms with Gasteiger partial charge in [0, 0.05) is 25.5 Å². The van der Waals surface area contributed by atoms with Crippen LogP contribution in [0.25, 0.3) is 0 Å². The maximum Gasteiger partial charge on any atom is 0.393 e. The number of aromatic nitrogens is 2. The molecule has 0 bridgehead atoms. The van der Waals surface area contributed by atoms with Gasteiger partial charge in [0.15, 0.2) is 11.0 Å². The molecule has 0 N–H and O–H groups in total. The van der Waals surface area contributed by atoms with Gasteiger partial charge in [0.1, 0.15) is 0 Å². The van der Waals surface area contributed by atoms with Gasteiger partial charge in [-0.05, 0) is 12.8 Å². The van der Waals surface area contributed by atoms with Gasteiger partial charge < -0.3 is 4.90 Å². The summed E-state index contributed by atoms with van der Waals surface area (Å²) in [6.45, 7) is 0.437. The predicted molar refractivity (Wildman–Crippen MR) is 58.0 cm³/mol. The maximum absolute atomic E-state index is 12.6. The minimum Gasteiger partial charge on any atom is -0.353 e. The van der Waals surface area contributed by atoms with E-state index in [-0.39, 0.29) is 18.1 Å². The van der Waals surface area contributed by atoms with Crippen LogP contribution in [0, 0.1) is 5.92 Å². The van der Waals surface area contributed by atoms with E-state index in [9.17, 15) is 13.2 Å². The van der Waals surface area contributed by atoms with Gasteiger partial charge in [-0.2, -0.15) is 13.2 Å². The Morgan fingerprint density at radius 3 is 2.65 bits per heavy atom.